The Balaban J connectivity index is 1.76. The van der Waals surface area contributed by atoms with Crippen LogP contribution < -0.4 is 5.32 Å². The Morgan fingerprint density at radius 1 is 1.16 bits per heavy atom. The first-order chi connectivity index (χ1) is 12.0. The zero-order valence-electron chi connectivity index (χ0n) is 13.7. The van der Waals surface area contributed by atoms with Crippen molar-refractivity contribution in [3.8, 4) is 0 Å². The number of likely N-dealkylation sites (tertiary alicyclic amines) is 1. The number of benzene rings is 2. The molecule has 0 spiro atoms. The zero-order chi connectivity index (χ0) is 18.0. The van der Waals surface area contributed by atoms with Crippen LogP contribution in [-0.4, -0.2) is 23.8 Å². The van der Waals surface area contributed by atoms with Gasteiger partial charge in [0.2, 0.25) is 11.8 Å². The van der Waals surface area contributed by atoms with Crippen LogP contribution in [0.1, 0.15) is 23.6 Å². The van der Waals surface area contributed by atoms with E-state index < -0.39 is 17.8 Å². The molecule has 2 aromatic carbocycles. The van der Waals surface area contributed by atoms with Gasteiger partial charge in [-0.3, -0.25) is 9.59 Å². The lowest BCUT2D eigenvalue weighted by Crippen LogP contribution is -2.34. The van der Waals surface area contributed by atoms with Gasteiger partial charge in [0.05, 0.1) is 12.0 Å². The summed E-state index contributed by atoms with van der Waals surface area (Å²) in [6.07, 6.45) is 0.0711. The molecule has 0 unspecified atom stereocenters. The van der Waals surface area contributed by atoms with Gasteiger partial charge in [-0.05, 0) is 23.8 Å². The van der Waals surface area contributed by atoms with E-state index in [4.69, 9.17) is 0 Å². The maximum atomic E-state index is 13.7. The van der Waals surface area contributed by atoms with Crippen molar-refractivity contribution in [3.05, 3.63) is 71.3 Å². The minimum atomic E-state index is -0.602. The number of amides is 2. The van der Waals surface area contributed by atoms with Crippen molar-refractivity contribution >= 4 is 11.8 Å². The summed E-state index contributed by atoms with van der Waals surface area (Å²) < 4.78 is 26.8. The maximum absolute atomic E-state index is 13.7. The molecule has 4 nitrogen and oxygen atoms in total. The van der Waals surface area contributed by atoms with Crippen LogP contribution in [0.3, 0.4) is 0 Å². The summed E-state index contributed by atoms with van der Waals surface area (Å²) in [6.45, 7) is 0.0516. The summed E-state index contributed by atoms with van der Waals surface area (Å²) in [7, 11) is 1.63. The first kappa shape index (κ1) is 17.1. The third-order valence-corrected chi connectivity index (χ3v) is 4.55. The minimum Gasteiger partial charge on any atom is -0.352 e. The van der Waals surface area contributed by atoms with Gasteiger partial charge in [0.25, 0.3) is 0 Å². The fraction of sp³-hybridized carbons (Fsp3) is 0.263. The van der Waals surface area contributed by atoms with Crippen LogP contribution in [0, 0.1) is 17.6 Å². The van der Waals surface area contributed by atoms with Gasteiger partial charge in [-0.25, -0.2) is 8.78 Å². The molecule has 2 aromatic rings. The molecule has 1 N–H and O–H groups in total. The Hall–Kier alpha value is -2.76. The normalized spacial score (nSPS) is 20.0. The summed E-state index contributed by atoms with van der Waals surface area (Å²) in [6, 6.07) is 11.5. The minimum absolute atomic E-state index is 0.0516. The van der Waals surface area contributed by atoms with Crippen LogP contribution in [0.5, 0.6) is 0 Å². The number of hydrogen-bond donors (Lipinski definition) is 1. The number of carbonyl (C=O) groups is 2. The van der Waals surface area contributed by atoms with E-state index in [-0.39, 0.29) is 30.6 Å². The van der Waals surface area contributed by atoms with Crippen molar-refractivity contribution in [2.45, 2.75) is 19.0 Å². The Labute approximate surface area is 144 Å². The number of nitrogens with zero attached hydrogens (tertiary/aromatic N) is 1. The third kappa shape index (κ3) is 3.52. The standard InChI is InChI=1S/C19H18F2N2O2/c1-23-17(24)10-15(18(23)12-6-8-14(20)9-7-12)19(25)22-11-13-4-2-3-5-16(13)21/h2-9,15,18H,10-11H2,1H3,(H,22,25)/t15-,18-/m0/s1. The van der Waals surface area contributed by atoms with Crippen molar-refractivity contribution in [1.82, 2.24) is 10.2 Å². The molecule has 3 rings (SSSR count). The fourth-order valence-corrected chi connectivity index (χ4v) is 3.18. The summed E-state index contributed by atoms with van der Waals surface area (Å²) in [5, 5.41) is 2.70. The third-order valence-electron chi connectivity index (χ3n) is 4.55. The van der Waals surface area contributed by atoms with Gasteiger partial charge in [0, 0.05) is 25.6 Å². The predicted octanol–water partition coefficient (Wildman–Crippen LogP) is 2.80. The lowest BCUT2D eigenvalue weighted by Gasteiger charge is -2.25. The highest BCUT2D eigenvalue weighted by atomic mass is 19.1. The lowest BCUT2D eigenvalue weighted by molar-refractivity contribution is -0.128. The quantitative estimate of drug-likeness (QED) is 0.927. The summed E-state index contributed by atoms with van der Waals surface area (Å²) in [5.41, 5.74) is 1.08. The molecule has 130 valence electrons. The van der Waals surface area contributed by atoms with Gasteiger partial charge >= 0.3 is 0 Å². The highest BCUT2D eigenvalue weighted by Crippen LogP contribution is 2.37. The largest absolute Gasteiger partial charge is 0.352 e. The SMILES string of the molecule is CN1C(=O)C[C@H](C(=O)NCc2ccccc2F)[C@@H]1c1ccc(F)cc1. The van der Waals surface area contributed by atoms with E-state index >= 15 is 0 Å². The lowest BCUT2D eigenvalue weighted by atomic mass is 9.93. The molecular formula is C19H18F2N2O2. The van der Waals surface area contributed by atoms with Crippen LogP contribution in [-0.2, 0) is 16.1 Å². The van der Waals surface area contributed by atoms with Gasteiger partial charge in [0.1, 0.15) is 11.6 Å². The Kier molecular flexibility index (Phi) is 4.79. The molecule has 0 bridgehead atoms. The molecule has 1 heterocycles. The maximum Gasteiger partial charge on any atom is 0.226 e. The van der Waals surface area contributed by atoms with Crippen molar-refractivity contribution in [3.63, 3.8) is 0 Å². The van der Waals surface area contributed by atoms with E-state index in [1.807, 2.05) is 0 Å². The predicted molar refractivity (Wildman–Crippen MR) is 88.3 cm³/mol. The second-order valence-electron chi connectivity index (χ2n) is 6.12. The first-order valence-corrected chi connectivity index (χ1v) is 7.99. The van der Waals surface area contributed by atoms with Gasteiger partial charge in [-0.15, -0.1) is 0 Å². The van der Waals surface area contributed by atoms with E-state index in [0.29, 0.717) is 11.1 Å². The Bertz CT molecular complexity index is 792. The van der Waals surface area contributed by atoms with E-state index in [1.165, 1.54) is 23.1 Å². The molecule has 1 aliphatic heterocycles. The van der Waals surface area contributed by atoms with Crippen LogP contribution >= 0.6 is 0 Å². The molecule has 0 radical (unpaired) electrons. The molecule has 0 aliphatic carbocycles. The number of carbonyl (C=O) groups excluding carboxylic acids is 2. The number of rotatable bonds is 4. The van der Waals surface area contributed by atoms with Crippen LogP contribution in [0.25, 0.3) is 0 Å². The topological polar surface area (TPSA) is 49.4 Å². The molecule has 6 heteroatoms. The van der Waals surface area contributed by atoms with Gasteiger partial charge in [-0.1, -0.05) is 30.3 Å². The molecule has 2 amide bonds. The average Bonchev–Trinajstić information content (AvgIpc) is 2.90. The zero-order valence-corrected chi connectivity index (χ0v) is 13.7. The average molecular weight is 344 g/mol. The molecular weight excluding hydrogens is 326 g/mol. The Morgan fingerprint density at radius 2 is 1.84 bits per heavy atom. The highest BCUT2D eigenvalue weighted by molar-refractivity contribution is 5.90. The smallest absolute Gasteiger partial charge is 0.226 e. The number of hydrogen-bond acceptors (Lipinski definition) is 2. The van der Waals surface area contributed by atoms with Gasteiger partial charge < -0.3 is 10.2 Å². The van der Waals surface area contributed by atoms with Gasteiger partial charge in [0.15, 0.2) is 0 Å². The molecule has 1 aliphatic rings. The second kappa shape index (κ2) is 7.01. The van der Waals surface area contributed by atoms with Crippen molar-refractivity contribution in [2.24, 2.45) is 5.92 Å². The highest BCUT2D eigenvalue weighted by Gasteiger charge is 2.42. The molecule has 2 atom stereocenters. The van der Waals surface area contributed by atoms with E-state index in [9.17, 15) is 18.4 Å². The monoisotopic (exact) mass is 344 g/mol. The van der Waals surface area contributed by atoms with E-state index in [1.54, 1.807) is 37.4 Å². The fourth-order valence-electron chi connectivity index (χ4n) is 3.18. The molecule has 1 fully saturated rings. The summed E-state index contributed by atoms with van der Waals surface area (Å²) in [4.78, 5) is 26.2. The van der Waals surface area contributed by atoms with E-state index in [2.05, 4.69) is 5.32 Å². The van der Waals surface area contributed by atoms with Crippen LogP contribution in [0.4, 0.5) is 8.78 Å². The summed E-state index contributed by atoms with van der Waals surface area (Å²) >= 11 is 0. The number of halogens is 2. The van der Waals surface area contributed by atoms with E-state index in [0.717, 1.165) is 0 Å². The molecule has 25 heavy (non-hydrogen) atoms. The first-order valence-electron chi connectivity index (χ1n) is 7.99. The summed E-state index contributed by atoms with van der Waals surface area (Å²) in [5.74, 6) is -1.85. The molecule has 1 saturated heterocycles. The molecule has 0 saturated carbocycles. The molecule has 0 aromatic heterocycles. The Morgan fingerprint density at radius 3 is 2.52 bits per heavy atom. The van der Waals surface area contributed by atoms with Crippen LogP contribution in [0.2, 0.25) is 0 Å². The van der Waals surface area contributed by atoms with Crippen LogP contribution in [0.15, 0.2) is 48.5 Å². The van der Waals surface area contributed by atoms with Gasteiger partial charge in [-0.2, -0.15) is 0 Å². The van der Waals surface area contributed by atoms with Crippen molar-refractivity contribution in [1.29, 1.82) is 0 Å². The van der Waals surface area contributed by atoms with Crippen molar-refractivity contribution < 1.29 is 18.4 Å². The second-order valence-corrected chi connectivity index (χ2v) is 6.12. The van der Waals surface area contributed by atoms with Crippen molar-refractivity contribution in [2.75, 3.05) is 7.05 Å². The number of nitrogens with one attached hydrogen (secondary N) is 1.